The molecule has 14 heteroatoms. The maximum Gasteiger partial charge on any atom is 0.293 e. The smallest absolute Gasteiger partial charge is 0.293 e. The summed E-state index contributed by atoms with van der Waals surface area (Å²) in [6.45, 7) is 3.42. The average Bonchev–Trinajstić information content (AvgIpc) is 3.82. The number of H-pyrrole nitrogens is 1. The molecule has 4 N–H and O–H groups in total. The summed E-state index contributed by atoms with van der Waals surface area (Å²) in [7, 11) is -4.56. The van der Waals surface area contributed by atoms with Gasteiger partial charge in [0.25, 0.3) is 21.6 Å². The summed E-state index contributed by atoms with van der Waals surface area (Å²) in [5.74, 6) is 0.545. The number of pyridine rings is 1. The van der Waals surface area contributed by atoms with Crippen molar-refractivity contribution in [1.82, 2.24) is 19.6 Å². The second kappa shape index (κ2) is 16.8. The zero-order chi connectivity index (χ0) is 44.2. The van der Waals surface area contributed by atoms with Crippen molar-refractivity contribution in [2.75, 3.05) is 18.4 Å². The van der Waals surface area contributed by atoms with E-state index in [0.29, 0.717) is 42.9 Å². The molecule has 1 amide bonds. The number of nitrogens with one attached hydrogen (secondary N) is 3. The topological polar surface area (TPSA) is 180 Å². The number of nitro benzene ring substituents is 1. The Morgan fingerprint density at radius 2 is 1.80 bits per heavy atom. The summed E-state index contributed by atoms with van der Waals surface area (Å²) in [5.41, 5.74) is 5.17. The zero-order valence-electron chi connectivity index (χ0n) is 36.2. The van der Waals surface area contributed by atoms with Gasteiger partial charge in [0.2, 0.25) is 0 Å². The van der Waals surface area contributed by atoms with Crippen LogP contribution in [-0.2, 0) is 10.0 Å². The highest BCUT2D eigenvalue weighted by Crippen LogP contribution is 2.56. The van der Waals surface area contributed by atoms with E-state index in [1.807, 2.05) is 19.1 Å². The number of fused-ring (bicyclic) bond motifs is 1. The van der Waals surface area contributed by atoms with Crippen LogP contribution in [0.3, 0.4) is 0 Å². The van der Waals surface area contributed by atoms with Crippen LogP contribution in [0.15, 0.2) is 96.2 Å². The van der Waals surface area contributed by atoms with Crippen LogP contribution >= 0.6 is 0 Å². The summed E-state index contributed by atoms with van der Waals surface area (Å²) >= 11 is 0. The molecule has 3 aromatic carbocycles. The molecule has 13 nitrogen and oxygen atoms in total. The first-order valence-corrected chi connectivity index (χ1v) is 24.4. The van der Waals surface area contributed by atoms with Gasteiger partial charge in [-0.2, -0.15) is 0 Å². The lowest BCUT2D eigenvalue weighted by Gasteiger charge is -2.54. The zero-order valence-corrected chi connectivity index (χ0v) is 37.0. The summed E-state index contributed by atoms with van der Waals surface area (Å²) in [4.78, 5) is 35.4. The Hall–Kier alpha value is -5.57. The molecule has 64 heavy (non-hydrogen) atoms. The molecule has 5 aromatic rings. The maximum atomic E-state index is 14.0. The van der Waals surface area contributed by atoms with E-state index in [1.54, 1.807) is 41.7 Å². The number of aromatic amines is 1. The fourth-order valence-electron chi connectivity index (χ4n) is 11.0. The predicted molar refractivity (Wildman–Crippen MR) is 246 cm³/mol. The molecular weight excluding hydrogens is 829 g/mol. The summed E-state index contributed by atoms with van der Waals surface area (Å²) in [6.07, 6.45) is 18.9. The van der Waals surface area contributed by atoms with Crippen molar-refractivity contribution >= 4 is 43.9 Å². The van der Waals surface area contributed by atoms with Gasteiger partial charge in [0.15, 0.2) is 0 Å². The van der Waals surface area contributed by atoms with Crippen LogP contribution in [0, 0.1) is 21.4 Å². The molecule has 0 bridgehead atoms. The van der Waals surface area contributed by atoms with E-state index in [-0.39, 0.29) is 28.3 Å². The lowest BCUT2D eigenvalue weighted by Crippen LogP contribution is -2.51. The number of hydrogen-bond acceptors (Lipinski definition) is 10. The SMILES string of the molecule is C[C@]1(O)CC[C@H](CNc2ccc(S(=O)(=O)NC(=O)c3ccc(C4=CCC5(CC4)CC(N4CCC[C@H]4c4ccccc4C4CC4)C5)cc3Oc3cnc4[nH]ccc4c3)cc2[N+](=O)[O-])CC1. The third-order valence-electron chi connectivity index (χ3n) is 14.8. The minimum atomic E-state index is -4.56. The molecule has 1 atom stereocenters. The first kappa shape index (κ1) is 42.4. The predicted octanol–water partition coefficient (Wildman–Crippen LogP) is 10.2. The lowest BCUT2D eigenvalue weighted by molar-refractivity contribution is -0.384. The summed E-state index contributed by atoms with van der Waals surface area (Å²) in [5, 5.41) is 26.4. The number of sulfonamides is 1. The van der Waals surface area contributed by atoms with Crippen LogP contribution in [0.25, 0.3) is 16.6 Å². The molecule has 334 valence electrons. The number of nitro groups is 1. The van der Waals surface area contributed by atoms with Crippen LogP contribution < -0.4 is 14.8 Å². The number of carbonyl (C=O) groups excluding carboxylic acids is 1. The summed E-state index contributed by atoms with van der Waals surface area (Å²) < 4.78 is 36.0. The number of hydrogen-bond donors (Lipinski definition) is 4. The normalized spacial score (nSPS) is 26.0. The van der Waals surface area contributed by atoms with Crippen molar-refractivity contribution in [2.45, 2.75) is 119 Å². The second-order valence-electron chi connectivity index (χ2n) is 19.4. The molecule has 1 aliphatic heterocycles. The third-order valence-corrected chi connectivity index (χ3v) is 16.2. The number of anilines is 1. The van der Waals surface area contributed by atoms with Crippen LogP contribution in [0.5, 0.6) is 11.5 Å². The molecule has 4 fully saturated rings. The number of rotatable bonds is 13. The molecule has 4 aliphatic carbocycles. The molecule has 1 saturated heterocycles. The Kier molecular flexibility index (Phi) is 11.1. The van der Waals surface area contributed by atoms with Crippen molar-refractivity contribution in [3.8, 4) is 11.5 Å². The van der Waals surface area contributed by atoms with Crippen molar-refractivity contribution in [1.29, 1.82) is 0 Å². The third kappa shape index (κ3) is 8.67. The minimum Gasteiger partial charge on any atom is -0.455 e. The number of benzene rings is 3. The molecule has 1 spiro atoms. The van der Waals surface area contributed by atoms with Crippen LogP contribution in [0.1, 0.15) is 129 Å². The summed E-state index contributed by atoms with van der Waals surface area (Å²) in [6, 6.07) is 22.7. The number of nitrogens with zero attached hydrogens (tertiary/aromatic N) is 3. The largest absolute Gasteiger partial charge is 0.455 e. The molecule has 5 aliphatic rings. The molecule has 10 rings (SSSR count). The Morgan fingerprint density at radius 1 is 1.00 bits per heavy atom. The lowest BCUT2D eigenvalue weighted by atomic mass is 9.58. The van der Waals surface area contributed by atoms with Gasteiger partial charge in [-0.25, -0.2) is 18.1 Å². The quantitative estimate of drug-likeness (QED) is 0.0657. The van der Waals surface area contributed by atoms with Gasteiger partial charge in [-0.3, -0.25) is 19.8 Å². The van der Waals surface area contributed by atoms with Gasteiger partial charge >= 0.3 is 0 Å². The standard InChI is InChI=1S/C50H56N6O7S/c1-49(58)19-14-32(15-20-49)30-52-43-13-11-39(27-45(43)56(59)60)64(61,62)54-48(57)42-12-10-35(26-46(42)63-38-25-36-18-23-51-47(36)53-31-38)33-16-21-50(22-17-33)28-37(29-50)55-24-4-7-44(55)41-6-3-2-5-40(41)34-8-9-34/h2-3,5-6,10-13,16,18,23,25-27,31-32,34,37,44,52,58H,4,7-9,14-15,17,19-22,24,28-30H2,1H3,(H,51,53)(H,54,57)/t32-,37?,44-,49-,50?/m0/s1. The van der Waals surface area contributed by atoms with Gasteiger partial charge in [0, 0.05) is 36.3 Å². The van der Waals surface area contributed by atoms with Crippen LogP contribution in [0.4, 0.5) is 11.4 Å². The Labute approximate surface area is 373 Å². The molecule has 0 radical (unpaired) electrons. The minimum absolute atomic E-state index is 0.0149. The van der Waals surface area contributed by atoms with E-state index in [0.717, 1.165) is 60.6 Å². The van der Waals surface area contributed by atoms with Crippen molar-refractivity contribution in [3.05, 3.63) is 124 Å². The number of likely N-dealkylation sites (tertiary alicyclic amines) is 1. The molecule has 3 heterocycles. The van der Waals surface area contributed by atoms with E-state index in [1.165, 1.54) is 57.2 Å². The Balaban J connectivity index is 0.852. The number of aromatic nitrogens is 2. The van der Waals surface area contributed by atoms with Crippen LogP contribution in [0.2, 0.25) is 0 Å². The van der Waals surface area contributed by atoms with E-state index < -0.39 is 37.0 Å². The first-order valence-electron chi connectivity index (χ1n) is 22.9. The Morgan fingerprint density at radius 3 is 2.55 bits per heavy atom. The number of aliphatic hydroxyl groups is 1. The van der Waals surface area contributed by atoms with E-state index in [4.69, 9.17) is 4.74 Å². The van der Waals surface area contributed by atoms with Gasteiger partial charge in [0.1, 0.15) is 22.8 Å². The number of carbonyl (C=O) groups is 1. The fraction of sp³-hybridized carbons (Fsp3) is 0.440. The maximum absolute atomic E-state index is 14.0. The van der Waals surface area contributed by atoms with Crippen LogP contribution in [-0.4, -0.2) is 64.0 Å². The van der Waals surface area contributed by atoms with Gasteiger partial charge in [-0.05, 0) is 173 Å². The average molecular weight is 885 g/mol. The van der Waals surface area contributed by atoms with Crippen molar-refractivity contribution in [3.63, 3.8) is 0 Å². The number of ether oxygens (including phenoxy) is 1. The van der Waals surface area contributed by atoms with E-state index in [9.17, 15) is 28.4 Å². The van der Waals surface area contributed by atoms with Crippen molar-refractivity contribution < 1.29 is 28.0 Å². The van der Waals surface area contributed by atoms with E-state index >= 15 is 0 Å². The second-order valence-corrected chi connectivity index (χ2v) is 21.1. The van der Waals surface area contributed by atoms with Gasteiger partial charge < -0.3 is 20.1 Å². The molecule has 0 unspecified atom stereocenters. The van der Waals surface area contributed by atoms with Gasteiger partial charge in [-0.1, -0.05) is 36.4 Å². The van der Waals surface area contributed by atoms with Crippen molar-refractivity contribution in [2.24, 2.45) is 11.3 Å². The Bertz CT molecular complexity index is 2750. The fourth-order valence-corrected chi connectivity index (χ4v) is 11.9. The molecule has 2 aromatic heterocycles. The van der Waals surface area contributed by atoms with E-state index in [2.05, 4.69) is 55.2 Å². The highest BCUT2D eigenvalue weighted by atomic mass is 32.2. The highest BCUT2D eigenvalue weighted by Gasteiger charge is 2.49. The van der Waals surface area contributed by atoms with Gasteiger partial charge in [-0.15, -0.1) is 0 Å². The molecule has 3 saturated carbocycles. The first-order chi connectivity index (χ1) is 30.8. The highest BCUT2D eigenvalue weighted by molar-refractivity contribution is 7.90. The van der Waals surface area contributed by atoms with Gasteiger partial charge in [0.05, 0.1) is 27.2 Å². The number of amides is 1. The molecular formula is C50H56N6O7S. The number of allylic oxidation sites excluding steroid dienone is 2. The monoisotopic (exact) mass is 884 g/mol.